The van der Waals surface area contributed by atoms with Gasteiger partial charge < -0.3 is 4.90 Å². The highest BCUT2D eigenvalue weighted by molar-refractivity contribution is 5.87. The number of amidine groups is 1. The lowest BCUT2D eigenvalue weighted by Gasteiger charge is -2.49. The first-order chi connectivity index (χ1) is 10.8. The van der Waals surface area contributed by atoms with Gasteiger partial charge in [0, 0.05) is 19.2 Å². The van der Waals surface area contributed by atoms with E-state index < -0.39 is 0 Å². The Kier molecular flexibility index (Phi) is 2.57. The molecule has 7 heteroatoms. The number of rotatable bonds is 1. The molecule has 114 valence electrons. The molecule has 4 aliphatic rings. The van der Waals surface area contributed by atoms with E-state index >= 15 is 0 Å². The lowest BCUT2D eigenvalue weighted by molar-refractivity contribution is -0.150. The minimum atomic E-state index is -0.0966. The van der Waals surface area contributed by atoms with Gasteiger partial charge in [0.2, 0.25) is 0 Å². The summed E-state index contributed by atoms with van der Waals surface area (Å²) in [4.78, 5) is 17.5. The topological polar surface area (TPSA) is 67.0 Å². The van der Waals surface area contributed by atoms with Crippen LogP contribution in [0.1, 0.15) is 19.3 Å². The second-order valence-electron chi connectivity index (χ2n) is 6.48. The zero-order valence-corrected chi connectivity index (χ0v) is 12.3. The van der Waals surface area contributed by atoms with Crippen LogP contribution in [-0.4, -0.2) is 50.6 Å². The van der Waals surface area contributed by atoms with Gasteiger partial charge in [-0.3, -0.25) is 10.3 Å². The maximum absolute atomic E-state index is 6.02. The van der Waals surface area contributed by atoms with Gasteiger partial charge in [0.15, 0.2) is 5.82 Å². The van der Waals surface area contributed by atoms with Crippen molar-refractivity contribution in [3.8, 4) is 0 Å². The van der Waals surface area contributed by atoms with Crippen molar-refractivity contribution in [1.82, 2.24) is 25.0 Å². The third-order valence-corrected chi connectivity index (χ3v) is 5.22. The quantitative estimate of drug-likeness (QED) is 0.855. The van der Waals surface area contributed by atoms with Crippen LogP contribution < -0.4 is 5.48 Å². The van der Waals surface area contributed by atoms with Crippen LogP contribution in [0.4, 0.5) is 5.82 Å². The predicted molar refractivity (Wildman–Crippen MR) is 80.8 cm³/mol. The number of hydrogen-bond acceptors (Lipinski definition) is 5. The first kappa shape index (κ1) is 12.5. The number of fused-ring (bicyclic) bond motifs is 3. The van der Waals surface area contributed by atoms with E-state index in [-0.39, 0.29) is 5.60 Å². The summed E-state index contributed by atoms with van der Waals surface area (Å²) < 4.78 is 1.78. The van der Waals surface area contributed by atoms with Crippen molar-refractivity contribution in [2.24, 2.45) is 10.9 Å². The van der Waals surface area contributed by atoms with Gasteiger partial charge in [0.1, 0.15) is 23.3 Å². The minimum Gasteiger partial charge on any atom is -0.300 e. The molecule has 6 heterocycles. The molecule has 1 atom stereocenters. The van der Waals surface area contributed by atoms with Gasteiger partial charge in [0.05, 0.1) is 0 Å². The first-order valence-electron chi connectivity index (χ1n) is 7.85. The maximum Gasteiger partial charge on any atom is 0.181 e. The molecular formula is C15H18N6O. The second kappa shape index (κ2) is 4.50. The van der Waals surface area contributed by atoms with Gasteiger partial charge in [-0.2, -0.15) is 5.10 Å². The summed E-state index contributed by atoms with van der Waals surface area (Å²) >= 11 is 0. The Bertz CT molecular complexity index is 747. The number of hydroxylamine groups is 1. The largest absolute Gasteiger partial charge is 0.300 e. The van der Waals surface area contributed by atoms with Crippen LogP contribution in [0.3, 0.4) is 0 Å². The molecule has 2 aromatic rings. The van der Waals surface area contributed by atoms with E-state index in [2.05, 4.69) is 25.5 Å². The molecule has 0 radical (unpaired) electrons. The first-order valence-corrected chi connectivity index (χ1v) is 7.85. The third kappa shape index (κ3) is 1.79. The Morgan fingerprint density at radius 2 is 2.27 bits per heavy atom. The van der Waals surface area contributed by atoms with Gasteiger partial charge in [-0.05, 0) is 44.0 Å². The molecule has 0 amide bonds. The second-order valence-corrected chi connectivity index (χ2v) is 6.48. The zero-order valence-electron chi connectivity index (χ0n) is 12.3. The number of nitrogens with zero attached hydrogens (tertiary/aromatic N) is 5. The number of aliphatic imine (C=N–C) groups is 1. The van der Waals surface area contributed by atoms with Crippen LogP contribution in [0.15, 0.2) is 29.6 Å². The molecule has 4 aliphatic heterocycles. The summed E-state index contributed by atoms with van der Waals surface area (Å²) in [6.45, 7) is 3.42. The van der Waals surface area contributed by atoms with Gasteiger partial charge >= 0.3 is 0 Å². The van der Waals surface area contributed by atoms with Crippen molar-refractivity contribution in [2.75, 3.05) is 19.6 Å². The van der Waals surface area contributed by atoms with Crippen molar-refractivity contribution < 1.29 is 4.84 Å². The predicted octanol–water partition coefficient (Wildman–Crippen LogP) is 1.15. The molecule has 4 saturated heterocycles. The fourth-order valence-corrected chi connectivity index (χ4v) is 4.09. The number of piperidine rings is 3. The lowest BCUT2D eigenvalue weighted by atomic mass is 9.74. The zero-order chi connectivity index (χ0) is 14.6. The van der Waals surface area contributed by atoms with Crippen molar-refractivity contribution in [3.63, 3.8) is 0 Å². The van der Waals surface area contributed by atoms with Crippen LogP contribution in [-0.2, 0) is 4.84 Å². The van der Waals surface area contributed by atoms with Gasteiger partial charge in [-0.15, -0.1) is 0 Å². The van der Waals surface area contributed by atoms with Gasteiger partial charge in [0.25, 0.3) is 0 Å². The van der Waals surface area contributed by atoms with Crippen molar-refractivity contribution >= 4 is 17.2 Å². The van der Waals surface area contributed by atoms with E-state index in [0.29, 0.717) is 11.7 Å². The molecule has 4 fully saturated rings. The van der Waals surface area contributed by atoms with Crippen molar-refractivity contribution in [2.45, 2.75) is 24.9 Å². The SMILES string of the molecule is c1cc2c(N=C3CC4(CN5CCC4CC5)ON3)ncnn2c1. The Morgan fingerprint density at radius 3 is 3.09 bits per heavy atom. The average Bonchev–Trinajstić information content (AvgIpc) is 3.17. The Labute approximate surface area is 127 Å². The summed E-state index contributed by atoms with van der Waals surface area (Å²) in [6, 6.07) is 3.92. The monoisotopic (exact) mass is 298 g/mol. The van der Waals surface area contributed by atoms with E-state index in [0.717, 1.165) is 24.3 Å². The van der Waals surface area contributed by atoms with E-state index in [1.54, 1.807) is 4.52 Å². The summed E-state index contributed by atoms with van der Waals surface area (Å²) in [5, 5.41) is 4.17. The molecule has 22 heavy (non-hydrogen) atoms. The highest BCUT2D eigenvalue weighted by Crippen LogP contribution is 2.42. The van der Waals surface area contributed by atoms with Crippen LogP contribution >= 0.6 is 0 Å². The van der Waals surface area contributed by atoms with Crippen molar-refractivity contribution in [1.29, 1.82) is 0 Å². The van der Waals surface area contributed by atoms with Gasteiger partial charge in [-0.1, -0.05) is 0 Å². The summed E-state index contributed by atoms with van der Waals surface area (Å²) in [6.07, 6.45) is 6.72. The number of hydrogen-bond donors (Lipinski definition) is 1. The van der Waals surface area contributed by atoms with Crippen molar-refractivity contribution in [3.05, 3.63) is 24.7 Å². The Balaban J connectivity index is 1.47. The normalized spacial score (nSPS) is 35.5. The molecule has 0 aliphatic carbocycles. The third-order valence-electron chi connectivity index (χ3n) is 5.22. The molecule has 6 rings (SSSR count). The molecule has 0 saturated carbocycles. The Hall–Kier alpha value is -1.99. The van der Waals surface area contributed by atoms with Crippen LogP contribution in [0, 0.1) is 5.92 Å². The molecule has 2 aromatic heterocycles. The number of aromatic nitrogens is 3. The molecule has 7 nitrogen and oxygen atoms in total. The molecule has 1 spiro atoms. The molecule has 1 unspecified atom stereocenters. The Morgan fingerprint density at radius 1 is 1.36 bits per heavy atom. The minimum absolute atomic E-state index is 0.0966. The molecule has 0 aromatic carbocycles. The van der Waals surface area contributed by atoms with Gasteiger partial charge in [-0.25, -0.2) is 14.5 Å². The van der Waals surface area contributed by atoms with Crippen LogP contribution in [0.2, 0.25) is 0 Å². The smallest absolute Gasteiger partial charge is 0.181 e. The van der Waals surface area contributed by atoms with E-state index in [4.69, 9.17) is 4.84 Å². The van der Waals surface area contributed by atoms with Crippen LogP contribution in [0.5, 0.6) is 0 Å². The fourth-order valence-electron chi connectivity index (χ4n) is 4.09. The van der Waals surface area contributed by atoms with E-state index in [9.17, 15) is 0 Å². The highest BCUT2D eigenvalue weighted by Gasteiger charge is 2.52. The van der Waals surface area contributed by atoms with E-state index in [1.807, 2.05) is 18.3 Å². The van der Waals surface area contributed by atoms with E-state index in [1.165, 1.54) is 32.3 Å². The lowest BCUT2D eigenvalue weighted by Crippen LogP contribution is -2.59. The summed E-state index contributed by atoms with van der Waals surface area (Å²) in [5.74, 6) is 2.19. The summed E-state index contributed by atoms with van der Waals surface area (Å²) in [5.41, 5.74) is 3.87. The number of nitrogens with one attached hydrogen (secondary N) is 1. The fraction of sp³-hybridized carbons (Fsp3) is 0.533. The molecular weight excluding hydrogens is 280 g/mol. The average molecular weight is 298 g/mol. The maximum atomic E-state index is 6.02. The highest BCUT2D eigenvalue weighted by atomic mass is 16.7. The van der Waals surface area contributed by atoms with Crippen LogP contribution in [0.25, 0.3) is 5.52 Å². The standard InChI is InChI=1S/C15H18N6O/c1-2-12-14(16-10-17-21(12)5-1)18-13-8-15(22-19-13)9-20-6-3-11(15)4-7-20/h1-2,5,10-11H,3-4,6-9H2,(H,16,17,18,19). The molecule has 2 bridgehead atoms. The molecule has 1 N–H and O–H groups in total. The summed E-state index contributed by atoms with van der Waals surface area (Å²) in [7, 11) is 0.